The number of methoxy groups -OCH3 is 1. The average molecular weight is 681 g/mol. The normalized spacial score (nSPS) is 14.4. The lowest BCUT2D eigenvalue weighted by molar-refractivity contribution is -0.122. The van der Waals surface area contributed by atoms with Crippen molar-refractivity contribution in [1.82, 2.24) is 5.32 Å². The predicted molar refractivity (Wildman–Crippen MR) is 158 cm³/mol. The quantitative estimate of drug-likeness (QED) is 0.155. The molecule has 0 aliphatic carbocycles. The number of benzene rings is 3. The van der Waals surface area contributed by atoms with Gasteiger partial charge in [0.05, 0.1) is 23.0 Å². The van der Waals surface area contributed by atoms with Crippen LogP contribution in [0.5, 0.6) is 17.2 Å². The highest BCUT2D eigenvalue weighted by Gasteiger charge is 2.37. The fraction of sp³-hybridized carbons (Fsp3) is 0.179. The molecule has 39 heavy (non-hydrogen) atoms. The first kappa shape index (κ1) is 28.7. The zero-order chi connectivity index (χ0) is 28.1. The van der Waals surface area contributed by atoms with Crippen LogP contribution in [-0.2, 0) is 16.2 Å². The summed E-state index contributed by atoms with van der Waals surface area (Å²) in [5.41, 5.74) is 1.36. The van der Waals surface area contributed by atoms with Gasteiger partial charge in [0, 0.05) is 15.6 Å². The molecule has 1 fully saturated rings. The van der Waals surface area contributed by atoms with Crippen molar-refractivity contribution in [1.29, 1.82) is 0 Å². The second-order valence-corrected chi connectivity index (χ2v) is 10.4. The Morgan fingerprint density at radius 2 is 1.74 bits per heavy atom. The molecular formula is C28H23Cl2IN2O6. The fourth-order valence-corrected chi connectivity index (χ4v) is 4.96. The Morgan fingerprint density at radius 3 is 2.41 bits per heavy atom. The molecule has 0 bridgehead atoms. The number of imide groups is 2. The average Bonchev–Trinajstić information content (AvgIpc) is 2.90. The summed E-state index contributed by atoms with van der Waals surface area (Å²) in [5.74, 6) is -0.00579. The van der Waals surface area contributed by atoms with Gasteiger partial charge in [-0.05, 0) is 89.2 Å². The van der Waals surface area contributed by atoms with E-state index in [-0.39, 0.29) is 17.9 Å². The number of nitrogens with zero attached hydrogens (tertiary/aromatic N) is 1. The molecule has 1 heterocycles. The van der Waals surface area contributed by atoms with E-state index < -0.39 is 17.8 Å². The third kappa shape index (κ3) is 6.66. The maximum atomic E-state index is 13.3. The lowest BCUT2D eigenvalue weighted by Gasteiger charge is -2.26. The predicted octanol–water partition coefficient (Wildman–Crippen LogP) is 6.64. The Balaban J connectivity index is 1.55. The van der Waals surface area contributed by atoms with Crippen molar-refractivity contribution in [3.8, 4) is 17.2 Å². The number of hydrogen-bond donors (Lipinski definition) is 1. The minimum Gasteiger partial charge on any atom is -0.493 e. The molecular weight excluding hydrogens is 658 g/mol. The van der Waals surface area contributed by atoms with E-state index in [1.165, 1.54) is 13.2 Å². The summed E-state index contributed by atoms with van der Waals surface area (Å²) < 4.78 is 17.7. The number of carbonyl (C=O) groups excluding carboxylic acids is 3. The summed E-state index contributed by atoms with van der Waals surface area (Å²) in [6.45, 7) is 2.71. The highest BCUT2D eigenvalue weighted by Crippen LogP contribution is 2.35. The van der Waals surface area contributed by atoms with Crippen LogP contribution in [0.1, 0.15) is 24.5 Å². The first-order chi connectivity index (χ1) is 18.7. The molecule has 1 N–H and O–H groups in total. The lowest BCUT2D eigenvalue weighted by Crippen LogP contribution is -2.54. The zero-order valence-corrected chi connectivity index (χ0v) is 24.6. The molecule has 0 spiro atoms. The second kappa shape index (κ2) is 12.7. The van der Waals surface area contributed by atoms with Crippen LogP contribution in [0.15, 0.2) is 60.2 Å². The van der Waals surface area contributed by atoms with E-state index in [2.05, 4.69) is 27.9 Å². The smallest absolute Gasteiger partial charge is 0.335 e. The minimum absolute atomic E-state index is 0.199. The maximum Gasteiger partial charge on any atom is 0.335 e. The second-order valence-electron chi connectivity index (χ2n) is 8.36. The number of ether oxygens (including phenoxy) is 3. The number of carbonyl (C=O) groups is 3. The maximum absolute atomic E-state index is 13.3. The molecule has 0 unspecified atom stereocenters. The third-order valence-corrected chi connectivity index (χ3v) is 7.01. The van der Waals surface area contributed by atoms with E-state index in [0.717, 1.165) is 20.5 Å². The van der Waals surface area contributed by atoms with Crippen LogP contribution in [0.4, 0.5) is 10.5 Å². The van der Waals surface area contributed by atoms with E-state index >= 15 is 0 Å². The number of rotatable bonds is 9. The molecule has 8 nitrogen and oxygen atoms in total. The number of urea groups is 1. The van der Waals surface area contributed by atoms with Gasteiger partial charge in [-0.15, -0.1) is 0 Å². The van der Waals surface area contributed by atoms with Crippen LogP contribution in [0.25, 0.3) is 6.08 Å². The molecule has 0 radical (unpaired) electrons. The Morgan fingerprint density at radius 1 is 1.00 bits per heavy atom. The van der Waals surface area contributed by atoms with E-state index in [4.69, 9.17) is 37.4 Å². The van der Waals surface area contributed by atoms with Crippen LogP contribution in [0.2, 0.25) is 10.0 Å². The Bertz CT molecular complexity index is 1460. The molecule has 1 aliphatic rings. The van der Waals surface area contributed by atoms with Crippen molar-refractivity contribution in [3.63, 3.8) is 0 Å². The van der Waals surface area contributed by atoms with Crippen LogP contribution >= 0.6 is 45.8 Å². The molecule has 11 heteroatoms. The summed E-state index contributed by atoms with van der Waals surface area (Å²) in [6, 6.07) is 14.0. The molecule has 4 amide bonds. The number of hydrogen-bond acceptors (Lipinski definition) is 6. The van der Waals surface area contributed by atoms with Crippen molar-refractivity contribution >= 4 is 75.4 Å². The molecule has 1 saturated heterocycles. The van der Waals surface area contributed by atoms with E-state index in [1.54, 1.807) is 54.6 Å². The SMILES string of the molecule is CCCOc1c(I)cc(/C=C2\C(=O)NC(=O)N(c3ccc(OCc4ccc(Cl)cc4Cl)cc3)C2=O)cc1OC. The molecule has 4 rings (SSSR count). The van der Waals surface area contributed by atoms with E-state index in [0.29, 0.717) is 39.5 Å². The summed E-state index contributed by atoms with van der Waals surface area (Å²) in [6.07, 6.45) is 2.24. The van der Waals surface area contributed by atoms with Gasteiger partial charge in [0.2, 0.25) is 0 Å². The number of amides is 4. The van der Waals surface area contributed by atoms with E-state index in [1.807, 2.05) is 6.92 Å². The first-order valence-electron chi connectivity index (χ1n) is 11.8. The monoisotopic (exact) mass is 680 g/mol. The van der Waals surface area contributed by atoms with Crippen LogP contribution in [0, 0.1) is 3.57 Å². The summed E-state index contributed by atoms with van der Waals surface area (Å²) in [4.78, 5) is 39.5. The first-order valence-corrected chi connectivity index (χ1v) is 13.6. The third-order valence-electron chi connectivity index (χ3n) is 5.62. The number of halogens is 3. The van der Waals surface area contributed by atoms with Crippen molar-refractivity contribution in [2.75, 3.05) is 18.6 Å². The Kier molecular flexibility index (Phi) is 9.36. The van der Waals surface area contributed by atoms with Gasteiger partial charge in [0.25, 0.3) is 11.8 Å². The van der Waals surface area contributed by atoms with Gasteiger partial charge < -0.3 is 14.2 Å². The van der Waals surface area contributed by atoms with Gasteiger partial charge in [-0.3, -0.25) is 14.9 Å². The number of barbiturate groups is 1. The largest absolute Gasteiger partial charge is 0.493 e. The lowest BCUT2D eigenvalue weighted by atomic mass is 10.1. The van der Waals surface area contributed by atoms with Crippen LogP contribution in [-0.4, -0.2) is 31.6 Å². The van der Waals surface area contributed by atoms with Gasteiger partial charge in [0.1, 0.15) is 17.9 Å². The highest BCUT2D eigenvalue weighted by atomic mass is 127. The van der Waals surface area contributed by atoms with Gasteiger partial charge in [-0.1, -0.05) is 36.2 Å². The molecule has 0 aromatic heterocycles. The van der Waals surface area contributed by atoms with Gasteiger partial charge in [0.15, 0.2) is 11.5 Å². The van der Waals surface area contributed by atoms with Crippen LogP contribution in [0.3, 0.4) is 0 Å². The summed E-state index contributed by atoms with van der Waals surface area (Å²) in [7, 11) is 1.51. The number of nitrogens with one attached hydrogen (secondary N) is 1. The van der Waals surface area contributed by atoms with Crippen LogP contribution < -0.4 is 24.4 Å². The topological polar surface area (TPSA) is 94.2 Å². The van der Waals surface area contributed by atoms with Crippen molar-refractivity contribution in [2.45, 2.75) is 20.0 Å². The molecule has 0 saturated carbocycles. The fourth-order valence-electron chi connectivity index (χ4n) is 3.72. The minimum atomic E-state index is -0.848. The molecule has 0 atom stereocenters. The zero-order valence-electron chi connectivity index (χ0n) is 20.9. The van der Waals surface area contributed by atoms with Gasteiger partial charge in [-0.2, -0.15) is 0 Å². The summed E-state index contributed by atoms with van der Waals surface area (Å²) >= 11 is 14.2. The van der Waals surface area contributed by atoms with Crippen molar-refractivity contribution in [3.05, 3.63) is 84.9 Å². The molecule has 202 valence electrons. The molecule has 3 aromatic rings. The molecule has 3 aromatic carbocycles. The van der Waals surface area contributed by atoms with Crippen molar-refractivity contribution in [2.24, 2.45) is 0 Å². The Labute approximate surface area is 249 Å². The van der Waals surface area contributed by atoms with Gasteiger partial charge in [-0.25, -0.2) is 9.69 Å². The molecule has 1 aliphatic heterocycles. The number of anilines is 1. The Hall–Kier alpha value is -3.28. The van der Waals surface area contributed by atoms with E-state index in [9.17, 15) is 14.4 Å². The van der Waals surface area contributed by atoms with Crippen molar-refractivity contribution < 1.29 is 28.6 Å². The highest BCUT2D eigenvalue weighted by molar-refractivity contribution is 14.1. The standard InChI is InChI=1S/C28H23Cl2IN2O6/c1-3-10-38-25-23(31)12-16(13-24(25)37-2)11-21-26(34)32-28(36)33(27(21)35)19-6-8-20(9-7-19)39-15-17-4-5-18(29)14-22(17)30/h4-9,11-14H,3,10,15H2,1-2H3,(H,32,34,36)/b21-11+. The summed E-state index contributed by atoms with van der Waals surface area (Å²) in [5, 5.41) is 3.23. The van der Waals surface area contributed by atoms with Gasteiger partial charge >= 0.3 is 6.03 Å².